The molecule has 0 fully saturated rings. The van der Waals surface area contributed by atoms with Crippen LogP contribution < -0.4 is 4.31 Å². The van der Waals surface area contributed by atoms with Gasteiger partial charge in [0.1, 0.15) is 6.04 Å². The highest BCUT2D eigenvalue weighted by Crippen LogP contribution is 2.29. The molecule has 118 valence electrons. The van der Waals surface area contributed by atoms with Crippen LogP contribution in [-0.2, 0) is 14.8 Å². The summed E-state index contributed by atoms with van der Waals surface area (Å²) in [6, 6.07) is 4.22. The smallest absolute Gasteiger partial charge is 0.245 e. The van der Waals surface area contributed by atoms with Crippen LogP contribution in [-0.4, -0.2) is 45.6 Å². The van der Waals surface area contributed by atoms with Gasteiger partial charge in [-0.25, -0.2) is 8.42 Å². The van der Waals surface area contributed by atoms with Crippen molar-refractivity contribution in [3.63, 3.8) is 0 Å². The van der Waals surface area contributed by atoms with E-state index in [9.17, 15) is 13.2 Å². The monoisotopic (exact) mass is 332 g/mol. The number of rotatable bonds is 5. The summed E-state index contributed by atoms with van der Waals surface area (Å²) in [5.74, 6) is -0.262. The summed E-state index contributed by atoms with van der Waals surface area (Å²) in [7, 11) is -0.405. The molecule has 1 aromatic carbocycles. The molecule has 0 aliphatic carbocycles. The van der Waals surface area contributed by atoms with Crippen molar-refractivity contribution in [2.75, 3.05) is 24.7 Å². The standard InChI is InChI=1S/C14H21ClN2O3S/c1-6-12(14(18)16(3)4)17(21(5,19)20)13-9-11(15)8-7-10(13)2/h7-9,12H,6H2,1-5H3/t12-/m1/s1. The first-order chi connectivity index (χ1) is 9.59. The second kappa shape index (κ2) is 6.66. The van der Waals surface area contributed by atoms with E-state index in [0.717, 1.165) is 16.1 Å². The highest BCUT2D eigenvalue weighted by Gasteiger charge is 2.33. The Hall–Kier alpha value is -1.27. The summed E-state index contributed by atoms with van der Waals surface area (Å²) in [5.41, 5.74) is 1.18. The average Bonchev–Trinajstić information content (AvgIpc) is 2.36. The molecule has 1 atom stereocenters. The quantitative estimate of drug-likeness (QED) is 0.831. The maximum atomic E-state index is 12.3. The van der Waals surface area contributed by atoms with Crippen LogP contribution in [0.5, 0.6) is 0 Å². The summed E-state index contributed by atoms with van der Waals surface area (Å²) in [6.07, 6.45) is 1.47. The minimum absolute atomic E-state index is 0.262. The Morgan fingerprint density at radius 3 is 2.33 bits per heavy atom. The Labute approximate surface area is 131 Å². The molecule has 5 nitrogen and oxygen atoms in total. The molecule has 0 heterocycles. The molecule has 0 unspecified atom stereocenters. The van der Waals surface area contributed by atoms with Crippen molar-refractivity contribution in [2.24, 2.45) is 0 Å². The zero-order chi connectivity index (χ0) is 16.4. The molecule has 7 heteroatoms. The summed E-state index contributed by atoms with van der Waals surface area (Å²) >= 11 is 5.98. The van der Waals surface area contributed by atoms with Crippen LogP contribution in [0.25, 0.3) is 0 Å². The molecule has 1 aromatic rings. The molecule has 0 aromatic heterocycles. The number of halogens is 1. The molecule has 0 aliphatic rings. The van der Waals surface area contributed by atoms with Crippen LogP contribution in [0.2, 0.25) is 5.02 Å². The predicted molar refractivity (Wildman–Crippen MR) is 86.3 cm³/mol. The molecule has 0 bridgehead atoms. The predicted octanol–water partition coefficient (Wildman–Crippen LogP) is 2.28. The third kappa shape index (κ3) is 4.11. The molecular formula is C14H21ClN2O3S. The topological polar surface area (TPSA) is 57.7 Å². The van der Waals surface area contributed by atoms with Crippen LogP contribution in [0.3, 0.4) is 0 Å². The Morgan fingerprint density at radius 1 is 1.33 bits per heavy atom. The van der Waals surface area contributed by atoms with Gasteiger partial charge in [-0.05, 0) is 31.0 Å². The van der Waals surface area contributed by atoms with Gasteiger partial charge >= 0.3 is 0 Å². The van der Waals surface area contributed by atoms with Gasteiger partial charge < -0.3 is 4.90 Å². The number of sulfonamides is 1. The van der Waals surface area contributed by atoms with E-state index >= 15 is 0 Å². The van der Waals surface area contributed by atoms with E-state index in [1.54, 1.807) is 46.1 Å². The van der Waals surface area contributed by atoms with Crippen molar-refractivity contribution in [2.45, 2.75) is 26.3 Å². The van der Waals surface area contributed by atoms with E-state index < -0.39 is 16.1 Å². The average molecular weight is 333 g/mol. The molecule has 0 aliphatic heterocycles. The Morgan fingerprint density at radius 2 is 1.90 bits per heavy atom. The van der Waals surface area contributed by atoms with Crippen LogP contribution in [0, 0.1) is 6.92 Å². The van der Waals surface area contributed by atoms with Gasteiger partial charge in [-0.2, -0.15) is 0 Å². The summed E-state index contributed by atoms with van der Waals surface area (Å²) in [5, 5.41) is 0.427. The maximum Gasteiger partial charge on any atom is 0.245 e. The third-order valence-corrected chi connectivity index (χ3v) is 4.56. The highest BCUT2D eigenvalue weighted by atomic mass is 35.5. The third-order valence-electron chi connectivity index (χ3n) is 3.16. The van der Waals surface area contributed by atoms with Crippen LogP contribution in [0.4, 0.5) is 5.69 Å². The lowest BCUT2D eigenvalue weighted by Crippen LogP contribution is -2.49. The van der Waals surface area contributed by atoms with Crippen molar-refractivity contribution >= 4 is 33.2 Å². The molecule has 0 N–H and O–H groups in total. The molecule has 21 heavy (non-hydrogen) atoms. The van der Waals surface area contributed by atoms with Gasteiger partial charge in [0, 0.05) is 19.1 Å². The number of benzene rings is 1. The first-order valence-corrected chi connectivity index (χ1v) is 8.79. The second-order valence-electron chi connectivity index (χ2n) is 5.15. The van der Waals surface area contributed by atoms with Gasteiger partial charge in [0.15, 0.2) is 0 Å². The van der Waals surface area contributed by atoms with Crippen molar-refractivity contribution < 1.29 is 13.2 Å². The van der Waals surface area contributed by atoms with Crippen LogP contribution >= 0.6 is 11.6 Å². The van der Waals surface area contributed by atoms with Crippen molar-refractivity contribution in [3.8, 4) is 0 Å². The Balaban J connectivity index is 3.49. The van der Waals surface area contributed by atoms with E-state index in [4.69, 9.17) is 11.6 Å². The summed E-state index contributed by atoms with van der Waals surface area (Å²) < 4.78 is 25.6. The van der Waals surface area contributed by atoms with Gasteiger partial charge in [-0.1, -0.05) is 24.6 Å². The number of hydrogen-bond donors (Lipinski definition) is 0. The highest BCUT2D eigenvalue weighted by molar-refractivity contribution is 7.92. The zero-order valence-corrected chi connectivity index (χ0v) is 14.5. The lowest BCUT2D eigenvalue weighted by atomic mass is 10.1. The number of hydrogen-bond acceptors (Lipinski definition) is 3. The number of aryl methyl sites for hydroxylation is 1. The van der Waals surface area contributed by atoms with Crippen molar-refractivity contribution in [1.82, 2.24) is 4.90 Å². The molecular weight excluding hydrogens is 312 g/mol. The Kier molecular flexibility index (Phi) is 5.64. The fraction of sp³-hybridized carbons (Fsp3) is 0.500. The minimum atomic E-state index is -3.62. The molecule has 1 amide bonds. The Bertz CT molecular complexity index is 629. The number of anilines is 1. The minimum Gasteiger partial charge on any atom is -0.347 e. The summed E-state index contributed by atoms with van der Waals surface area (Å²) in [4.78, 5) is 13.7. The number of likely N-dealkylation sites (N-methyl/N-ethyl adjacent to an activating group) is 1. The summed E-state index contributed by atoms with van der Waals surface area (Å²) in [6.45, 7) is 3.57. The van der Waals surface area contributed by atoms with Gasteiger partial charge in [-0.15, -0.1) is 0 Å². The van der Waals surface area contributed by atoms with Crippen molar-refractivity contribution in [1.29, 1.82) is 0 Å². The van der Waals surface area contributed by atoms with E-state index in [-0.39, 0.29) is 5.91 Å². The first kappa shape index (κ1) is 17.8. The number of carbonyl (C=O) groups is 1. The van der Waals surface area contributed by atoms with Gasteiger partial charge in [0.2, 0.25) is 15.9 Å². The van der Waals surface area contributed by atoms with Crippen LogP contribution in [0.1, 0.15) is 18.9 Å². The maximum absolute atomic E-state index is 12.3. The number of nitrogens with zero attached hydrogens (tertiary/aromatic N) is 2. The van der Waals surface area contributed by atoms with E-state index in [1.807, 2.05) is 0 Å². The number of amides is 1. The van der Waals surface area contributed by atoms with E-state index in [0.29, 0.717) is 17.1 Å². The number of carbonyl (C=O) groups excluding carboxylic acids is 1. The molecule has 0 saturated heterocycles. The largest absolute Gasteiger partial charge is 0.347 e. The van der Waals surface area contributed by atoms with E-state index in [2.05, 4.69) is 0 Å². The first-order valence-electron chi connectivity index (χ1n) is 6.56. The van der Waals surface area contributed by atoms with E-state index in [1.165, 1.54) is 4.90 Å². The normalized spacial score (nSPS) is 12.9. The SMILES string of the molecule is CC[C@H](C(=O)N(C)C)N(c1cc(Cl)ccc1C)S(C)(=O)=O. The molecule has 0 saturated carbocycles. The van der Waals surface area contributed by atoms with Crippen LogP contribution in [0.15, 0.2) is 18.2 Å². The fourth-order valence-corrected chi connectivity index (χ4v) is 3.56. The van der Waals surface area contributed by atoms with Gasteiger partial charge in [-0.3, -0.25) is 9.10 Å². The fourth-order valence-electron chi connectivity index (χ4n) is 2.14. The molecule has 1 rings (SSSR count). The second-order valence-corrected chi connectivity index (χ2v) is 7.44. The van der Waals surface area contributed by atoms with Gasteiger partial charge in [0.25, 0.3) is 0 Å². The lowest BCUT2D eigenvalue weighted by Gasteiger charge is -2.32. The lowest BCUT2D eigenvalue weighted by molar-refractivity contribution is -0.129. The molecule has 0 radical (unpaired) electrons. The van der Waals surface area contributed by atoms with Crippen molar-refractivity contribution in [3.05, 3.63) is 28.8 Å². The zero-order valence-electron chi connectivity index (χ0n) is 12.9. The molecule has 0 spiro atoms. The van der Waals surface area contributed by atoms with Gasteiger partial charge in [0.05, 0.1) is 11.9 Å².